The second kappa shape index (κ2) is 17.0. The number of aliphatic hydroxyl groups is 1. The van der Waals surface area contributed by atoms with E-state index in [1.165, 1.54) is 77.0 Å². The molecule has 0 radical (unpaired) electrons. The topological polar surface area (TPSA) is 59.0 Å². The molecule has 5 nitrogen and oxygen atoms in total. The molecule has 1 fully saturated rings. The minimum absolute atomic E-state index is 0.216. The van der Waals surface area contributed by atoms with Crippen LogP contribution in [0.5, 0.6) is 0 Å². The molecule has 0 saturated carbocycles. The van der Waals surface area contributed by atoms with E-state index in [-0.39, 0.29) is 17.2 Å². The van der Waals surface area contributed by atoms with Crippen molar-refractivity contribution in [2.45, 2.75) is 187 Å². The zero-order chi connectivity index (χ0) is 27.1. The summed E-state index contributed by atoms with van der Waals surface area (Å²) >= 11 is 0. The summed E-state index contributed by atoms with van der Waals surface area (Å²) in [6, 6.07) is 0. The number of hydroxylamine groups is 2. The molecule has 0 aromatic carbocycles. The van der Waals surface area contributed by atoms with Crippen molar-refractivity contribution in [2.75, 3.05) is 6.61 Å². The van der Waals surface area contributed by atoms with Crippen molar-refractivity contribution in [1.29, 1.82) is 0 Å². The Labute approximate surface area is 224 Å². The number of piperidine rings is 1. The average Bonchev–Trinajstić information content (AvgIpc) is 2.77. The van der Waals surface area contributed by atoms with Crippen LogP contribution in [0.15, 0.2) is 0 Å². The van der Waals surface area contributed by atoms with Crippen LogP contribution in [0, 0.1) is 0 Å². The van der Waals surface area contributed by atoms with Gasteiger partial charge in [-0.2, -0.15) is 5.06 Å². The van der Waals surface area contributed by atoms with Crippen LogP contribution in [0.4, 0.5) is 0 Å². The molecule has 1 aliphatic rings. The summed E-state index contributed by atoms with van der Waals surface area (Å²) < 4.78 is 5.88. The monoisotopic (exact) mass is 511 g/mol. The van der Waals surface area contributed by atoms with Crippen LogP contribution in [-0.4, -0.2) is 45.5 Å². The summed E-state index contributed by atoms with van der Waals surface area (Å²) in [6.07, 6.45) is 20.7. The maximum atomic E-state index is 12.9. The van der Waals surface area contributed by atoms with Gasteiger partial charge in [-0.1, -0.05) is 97.3 Å². The first-order valence-electron chi connectivity index (χ1n) is 15.3. The zero-order valence-corrected chi connectivity index (χ0v) is 25.1. The van der Waals surface area contributed by atoms with Crippen molar-refractivity contribution < 1.29 is 19.5 Å². The number of ether oxygens (including phenoxy) is 1. The number of esters is 1. The second-order valence-electron chi connectivity index (χ2n) is 12.8. The lowest BCUT2D eigenvalue weighted by Gasteiger charge is -2.53. The molecule has 0 spiro atoms. The van der Waals surface area contributed by atoms with E-state index < -0.39 is 11.6 Å². The van der Waals surface area contributed by atoms with Gasteiger partial charge in [0.05, 0.1) is 6.61 Å². The lowest BCUT2D eigenvalue weighted by atomic mass is 9.80. The third-order valence-electron chi connectivity index (χ3n) is 7.71. The Kier molecular flexibility index (Phi) is 15.8. The van der Waals surface area contributed by atoms with Gasteiger partial charge >= 0.3 is 5.97 Å². The quantitative estimate of drug-likeness (QED) is 0.131. The molecule has 0 amide bonds. The van der Waals surface area contributed by atoms with Gasteiger partial charge in [-0.15, -0.1) is 0 Å². The highest BCUT2D eigenvalue weighted by Gasteiger charge is 2.48. The fourth-order valence-corrected chi connectivity index (χ4v) is 5.83. The largest absolute Gasteiger partial charge is 0.460 e. The van der Waals surface area contributed by atoms with E-state index in [1.807, 2.05) is 0 Å². The standard InChI is InChI=1S/C31H61NO4/c1-8-10-11-12-13-14-15-16-17-18-19-20-21-22-23-31(7,34)28(33)36-27-25-29(3,4)32(35-24-9-2)30(5,6)26-27/h27,34H,8-26H2,1-7H3. The van der Waals surface area contributed by atoms with Gasteiger partial charge in [0.1, 0.15) is 6.10 Å². The normalized spacial score (nSPS) is 19.8. The van der Waals surface area contributed by atoms with Crippen LogP contribution in [0.1, 0.15) is 164 Å². The van der Waals surface area contributed by atoms with Crippen LogP contribution in [-0.2, 0) is 14.4 Å². The molecule has 1 saturated heterocycles. The van der Waals surface area contributed by atoms with Gasteiger partial charge < -0.3 is 9.84 Å². The van der Waals surface area contributed by atoms with E-state index in [2.05, 4.69) is 46.6 Å². The van der Waals surface area contributed by atoms with Crippen molar-refractivity contribution in [2.24, 2.45) is 0 Å². The van der Waals surface area contributed by atoms with E-state index in [1.54, 1.807) is 6.92 Å². The lowest BCUT2D eigenvalue weighted by molar-refractivity contribution is -0.293. The van der Waals surface area contributed by atoms with Crippen LogP contribution < -0.4 is 0 Å². The van der Waals surface area contributed by atoms with Crippen molar-refractivity contribution in [3.8, 4) is 0 Å². The third kappa shape index (κ3) is 12.7. The first kappa shape index (κ1) is 33.4. The molecule has 36 heavy (non-hydrogen) atoms. The molecule has 1 heterocycles. The minimum Gasteiger partial charge on any atom is -0.460 e. The Hall–Kier alpha value is -0.650. The van der Waals surface area contributed by atoms with Crippen LogP contribution in [0.25, 0.3) is 0 Å². The van der Waals surface area contributed by atoms with Gasteiger partial charge in [0.15, 0.2) is 5.60 Å². The minimum atomic E-state index is -1.42. The van der Waals surface area contributed by atoms with Crippen LogP contribution in [0.2, 0.25) is 0 Å². The van der Waals surface area contributed by atoms with E-state index >= 15 is 0 Å². The molecule has 0 bridgehead atoms. The Morgan fingerprint density at radius 3 is 1.61 bits per heavy atom. The SMILES string of the molecule is CCCCCCCCCCCCCCCCC(C)(O)C(=O)OC1CC(C)(C)N(OCCC)C(C)(C)C1. The Bertz CT molecular complexity index is 569. The van der Waals surface area contributed by atoms with E-state index in [0.29, 0.717) is 25.9 Å². The van der Waals surface area contributed by atoms with E-state index in [9.17, 15) is 9.90 Å². The zero-order valence-electron chi connectivity index (χ0n) is 25.1. The fourth-order valence-electron chi connectivity index (χ4n) is 5.83. The molecule has 214 valence electrons. The Balaban J connectivity index is 2.22. The molecular formula is C31H61NO4. The lowest BCUT2D eigenvalue weighted by Crippen LogP contribution is -2.62. The maximum absolute atomic E-state index is 12.9. The third-order valence-corrected chi connectivity index (χ3v) is 7.71. The molecule has 1 unspecified atom stereocenters. The fraction of sp³-hybridized carbons (Fsp3) is 0.968. The number of hydrogen-bond acceptors (Lipinski definition) is 5. The Morgan fingerprint density at radius 1 is 0.778 bits per heavy atom. The summed E-state index contributed by atoms with van der Waals surface area (Å²) in [5, 5.41) is 12.9. The van der Waals surface area contributed by atoms with Gasteiger partial charge in [0.2, 0.25) is 0 Å². The highest BCUT2D eigenvalue weighted by Crippen LogP contribution is 2.40. The summed E-state index contributed by atoms with van der Waals surface area (Å²) in [6.45, 7) is 15.2. The van der Waals surface area contributed by atoms with Gasteiger partial charge in [-0.25, -0.2) is 4.79 Å². The Morgan fingerprint density at radius 2 is 1.19 bits per heavy atom. The summed E-state index contributed by atoms with van der Waals surface area (Å²) in [7, 11) is 0. The summed E-state index contributed by atoms with van der Waals surface area (Å²) in [4.78, 5) is 18.9. The average molecular weight is 512 g/mol. The number of carbonyl (C=O) groups is 1. The molecule has 1 rings (SSSR count). The number of rotatable bonds is 20. The molecule has 1 aliphatic heterocycles. The first-order valence-corrected chi connectivity index (χ1v) is 15.3. The van der Waals surface area contributed by atoms with Gasteiger partial charge in [0, 0.05) is 23.9 Å². The molecule has 0 aromatic rings. The molecule has 1 N–H and O–H groups in total. The molecule has 0 aliphatic carbocycles. The van der Waals surface area contributed by atoms with Crippen LogP contribution in [0.3, 0.4) is 0 Å². The number of carbonyl (C=O) groups excluding carboxylic acids is 1. The molecule has 1 atom stereocenters. The van der Waals surface area contributed by atoms with E-state index in [0.717, 1.165) is 19.3 Å². The number of nitrogens with zero attached hydrogens (tertiary/aromatic N) is 1. The smallest absolute Gasteiger partial charge is 0.338 e. The van der Waals surface area contributed by atoms with Crippen molar-refractivity contribution in [3.05, 3.63) is 0 Å². The van der Waals surface area contributed by atoms with Crippen molar-refractivity contribution >= 4 is 5.97 Å². The molecule has 5 heteroatoms. The number of unbranched alkanes of at least 4 members (excludes halogenated alkanes) is 13. The highest BCUT2D eigenvalue weighted by atomic mass is 16.7. The van der Waals surface area contributed by atoms with Gasteiger partial charge in [-0.05, 0) is 53.9 Å². The summed E-state index contributed by atoms with van der Waals surface area (Å²) in [5.74, 6) is -0.475. The predicted molar refractivity (Wildman–Crippen MR) is 151 cm³/mol. The van der Waals surface area contributed by atoms with Crippen molar-refractivity contribution in [3.63, 3.8) is 0 Å². The molecule has 0 aromatic heterocycles. The predicted octanol–water partition coefficient (Wildman–Crippen LogP) is 8.52. The number of hydrogen-bond donors (Lipinski definition) is 1. The molecular weight excluding hydrogens is 450 g/mol. The van der Waals surface area contributed by atoms with E-state index in [4.69, 9.17) is 9.57 Å². The second-order valence-corrected chi connectivity index (χ2v) is 12.8. The maximum Gasteiger partial charge on any atom is 0.338 e. The van der Waals surface area contributed by atoms with Gasteiger partial charge in [-0.3, -0.25) is 4.84 Å². The summed E-state index contributed by atoms with van der Waals surface area (Å²) in [5.41, 5.74) is -1.91. The highest BCUT2D eigenvalue weighted by molar-refractivity contribution is 5.78. The van der Waals surface area contributed by atoms with Crippen LogP contribution >= 0.6 is 0 Å². The van der Waals surface area contributed by atoms with Gasteiger partial charge in [0.25, 0.3) is 0 Å². The van der Waals surface area contributed by atoms with Crippen molar-refractivity contribution in [1.82, 2.24) is 5.06 Å². The first-order chi connectivity index (χ1) is 17.0.